The predicted molar refractivity (Wildman–Crippen MR) is 147 cm³/mol. The highest BCUT2D eigenvalue weighted by Crippen LogP contribution is 2.46. The Labute approximate surface area is 218 Å². The molecule has 0 radical (unpaired) electrons. The van der Waals surface area contributed by atoms with Crippen molar-refractivity contribution in [1.82, 2.24) is 14.7 Å². The number of anilines is 1. The normalized spacial score (nSPS) is 18.5. The monoisotopic (exact) mass is 522 g/mol. The summed E-state index contributed by atoms with van der Waals surface area (Å²) in [5.74, 6) is 0.784. The van der Waals surface area contributed by atoms with Crippen LogP contribution in [0.25, 0.3) is 21.3 Å². The van der Waals surface area contributed by atoms with Crippen molar-refractivity contribution in [3.63, 3.8) is 0 Å². The van der Waals surface area contributed by atoms with Gasteiger partial charge in [0, 0.05) is 26.6 Å². The number of aromatic nitrogens is 2. The number of thiophene rings is 1. The van der Waals surface area contributed by atoms with E-state index in [0.29, 0.717) is 22.0 Å². The summed E-state index contributed by atoms with van der Waals surface area (Å²) in [7, 11) is 0. The molecule has 6 rings (SSSR count). The second-order valence-electron chi connectivity index (χ2n) is 9.70. The lowest BCUT2D eigenvalue weighted by Gasteiger charge is -2.24. The van der Waals surface area contributed by atoms with Gasteiger partial charge < -0.3 is 10.8 Å². The number of benzene rings is 1. The number of nitrogens with zero attached hydrogens (tertiary/aromatic N) is 2. The van der Waals surface area contributed by atoms with E-state index in [-0.39, 0.29) is 6.04 Å². The zero-order valence-corrected chi connectivity index (χ0v) is 21.8. The Balaban J connectivity index is 1.42. The van der Waals surface area contributed by atoms with Crippen LogP contribution in [0.1, 0.15) is 54.8 Å². The van der Waals surface area contributed by atoms with Gasteiger partial charge in [-0.2, -0.15) is 0 Å². The Bertz CT molecular complexity index is 1400. The Morgan fingerprint density at radius 2 is 2.00 bits per heavy atom. The number of aliphatic hydroxyl groups is 1. The number of fused-ring (bicyclic) bond motifs is 1. The summed E-state index contributed by atoms with van der Waals surface area (Å²) in [6.07, 6.45) is 6.41. The first-order valence-corrected chi connectivity index (χ1v) is 14.0. The maximum atomic E-state index is 11.1. The Kier molecular flexibility index (Phi) is 6.01. The van der Waals surface area contributed by atoms with Gasteiger partial charge in [-0.25, -0.2) is 9.71 Å². The van der Waals surface area contributed by atoms with Crippen LogP contribution in [-0.4, -0.2) is 20.3 Å². The third-order valence-corrected chi connectivity index (χ3v) is 9.63. The van der Waals surface area contributed by atoms with E-state index in [0.717, 1.165) is 50.3 Å². The van der Waals surface area contributed by atoms with Crippen molar-refractivity contribution in [3.05, 3.63) is 75.9 Å². The van der Waals surface area contributed by atoms with E-state index in [1.165, 1.54) is 12.8 Å². The minimum Gasteiger partial charge on any atom is -0.385 e. The molecule has 1 aromatic carbocycles. The number of halogens is 1. The number of pyridine rings is 2. The summed E-state index contributed by atoms with van der Waals surface area (Å²) in [6, 6.07) is 15.9. The molecule has 2 aliphatic carbocycles. The van der Waals surface area contributed by atoms with Crippen LogP contribution < -0.4 is 10.5 Å². The highest BCUT2D eigenvalue weighted by Gasteiger charge is 2.41. The van der Waals surface area contributed by atoms with E-state index in [1.54, 1.807) is 29.4 Å². The molecule has 3 aromatic heterocycles. The molecule has 0 saturated heterocycles. The van der Waals surface area contributed by atoms with E-state index in [2.05, 4.69) is 39.0 Å². The number of rotatable bonds is 8. The number of hydrogen-bond acceptors (Lipinski definition) is 7. The summed E-state index contributed by atoms with van der Waals surface area (Å²) in [4.78, 5) is 10.4. The van der Waals surface area contributed by atoms with Crippen LogP contribution in [0.3, 0.4) is 0 Å². The van der Waals surface area contributed by atoms with Crippen molar-refractivity contribution in [2.75, 3.05) is 5.73 Å². The molecular formula is C27H27ClN4OS2. The van der Waals surface area contributed by atoms with Gasteiger partial charge in [0.25, 0.3) is 0 Å². The zero-order chi connectivity index (χ0) is 24.2. The fourth-order valence-corrected chi connectivity index (χ4v) is 6.94. The topological polar surface area (TPSA) is 84.1 Å². The molecule has 8 heteroatoms. The molecule has 0 aliphatic heterocycles. The first-order valence-electron chi connectivity index (χ1n) is 11.9. The summed E-state index contributed by atoms with van der Waals surface area (Å²) in [5, 5.41) is 13.5. The Hall–Kier alpha value is -2.16. The van der Waals surface area contributed by atoms with Gasteiger partial charge in [-0.05, 0) is 79.8 Å². The van der Waals surface area contributed by atoms with Crippen LogP contribution in [0.2, 0.25) is 5.02 Å². The van der Waals surface area contributed by atoms with Crippen LogP contribution in [0.15, 0.2) is 54.7 Å². The summed E-state index contributed by atoms with van der Waals surface area (Å²) >= 11 is 10.1. The molecule has 0 bridgehead atoms. The molecule has 2 saturated carbocycles. The molecule has 2 aliphatic rings. The van der Waals surface area contributed by atoms with Crippen molar-refractivity contribution in [1.29, 1.82) is 0 Å². The van der Waals surface area contributed by atoms with Gasteiger partial charge in [-0.15, -0.1) is 11.3 Å². The van der Waals surface area contributed by atoms with E-state index >= 15 is 0 Å². The van der Waals surface area contributed by atoms with Crippen molar-refractivity contribution < 1.29 is 5.11 Å². The van der Waals surface area contributed by atoms with E-state index in [4.69, 9.17) is 17.3 Å². The van der Waals surface area contributed by atoms with Crippen molar-refractivity contribution in [3.8, 4) is 11.3 Å². The highest BCUT2D eigenvalue weighted by atomic mass is 35.5. The van der Waals surface area contributed by atoms with E-state index in [9.17, 15) is 5.11 Å². The third-order valence-electron chi connectivity index (χ3n) is 6.89. The van der Waals surface area contributed by atoms with Gasteiger partial charge >= 0.3 is 0 Å². The average molecular weight is 523 g/mol. The summed E-state index contributed by atoms with van der Waals surface area (Å²) < 4.78 is 4.78. The second kappa shape index (κ2) is 9.05. The number of nitrogens with one attached hydrogen (secondary N) is 1. The lowest BCUT2D eigenvalue weighted by atomic mass is 9.90. The Morgan fingerprint density at radius 3 is 2.77 bits per heavy atom. The average Bonchev–Trinajstić information content (AvgIpc) is 3.78. The zero-order valence-electron chi connectivity index (χ0n) is 19.4. The molecule has 0 spiro atoms. The van der Waals surface area contributed by atoms with Gasteiger partial charge in [0.15, 0.2) is 0 Å². The standard InChI is InChI=1S/C27H27ClN4OS2/c1-27(33,16-5-6-16)17-11-12-30-21(14-17)19-4-2-3-15-13-22(34-26(15)19)25(32-35-18-7-8-18)24-20(28)9-10-23(29)31-24/h2-4,9-14,16,18,25,32-33H,5-8H2,1H3,(H2,29,31). The summed E-state index contributed by atoms with van der Waals surface area (Å²) in [5.41, 5.74) is 8.82. The van der Waals surface area contributed by atoms with Crippen LogP contribution in [0, 0.1) is 5.92 Å². The van der Waals surface area contributed by atoms with Gasteiger partial charge in [0.2, 0.25) is 0 Å². The molecule has 3 heterocycles. The van der Waals surface area contributed by atoms with Crippen LogP contribution in [-0.2, 0) is 5.60 Å². The largest absolute Gasteiger partial charge is 0.385 e. The van der Waals surface area contributed by atoms with Gasteiger partial charge in [0.1, 0.15) is 5.82 Å². The molecule has 4 aromatic rings. The smallest absolute Gasteiger partial charge is 0.123 e. The maximum absolute atomic E-state index is 11.1. The molecule has 2 unspecified atom stereocenters. The third kappa shape index (κ3) is 4.68. The molecule has 0 amide bonds. The minimum absolute atomic E-state index is 0.170. The summed E-state index contributed by atoms with van der Waals surface area (Å²) in [6.45, 7) is 1.92. The quantitative estimate of drug-likeness (QED) is 0.223. The number of nitrogen functional groups attached to an aromatic ring is 1. The first kappa shape index (κ1) is 23.3. The molecule has 5 nitrogen and oxygen atoms in total. The SMILES string of the molecule is CC(O)(c1ccnc(-c2cccc3cc(C(NSC4CC4)c4nc(N)ccc4Cl)sc23)c1)C1CC1. The predicted octanol–water partition coefficient (Wildman–Crippen LogP) is 6.70. The van der Waals surface area contributed by atoms with Gasteiger partial charge in [-0.3, -0.25) is 4.98 Å². The molecular weight excluding hydrogens is 496 g/mol. The van der Waals surface area contributed by atoms with Crippen LogP contribution >= 0.6 is 34.9 Å². The Morgan fingerprint density at radius 1 is 1.17 bits per heavy atom. The number of hydrogen-bond donors (Lipinski definition) is 3. The van der Waals surface area contributed by atoms with E-state index < -0.39 is 5.60 Å². The van der Waals surface area contributed by atoms with E-state index in [1.807, 2.05) is 31.3 Å². The molecule has 35 heavy (non-hydrogen) atoms. The molecule has 4 N–H and O–H groups in total. The van der Waals surface area contributed by atoms with Crippen molar-refractivity contribution >= 4 is 50.8 Å². The molecule has 2 atom stereocenters. The second-order valence-corrected chi connectivity index (χ2v) is 12.3. The van der Waals surface area contributed by atoms with Crippen LogP contribution in [0.4, 0.5) is 5.82 Å². The van der Waals surface area contributed by atoms with Crippen molar-refractivity contribution in [2.45, 2.75) is 49.5 Å². The fraction of sp³-hybridized carbons (Fsp3) is 0.333. The maximum Gasteiger partial charge on any atom is 0.123 e. The number of nitrogens with two attached hydrogens (primary N) is 1. The lowest BCUT2D eigenvalue weighted by molar-refractivity contribution is 0.0330. The minimum atomic E-state index is -0.823. The van der Waals surface area contributed by atoms with Crippen molar-refractivity contribution in [2.24, 2.45) is 5.92 Å². The van der Waals surface area contributed by atoms with Gasteiger partial charge in [-0.1, -0.05) is 41.7 Å². The lowest BCUT2D eigenvalue weighted by Crippen LogP contribution is -2.23. The highest BCUT2D eigenvalue weighted by molar-refractivity contribution is 7.98. The van der Waals surface area contributed by atoms with Crippen LogP contribution in [0.5, 0.6) is 0 Å². The molecule has 2 fully saturated rings. The fourth-order valence-electron chi connectivity index (χ4n) is 4.48. The molecule has 180 valence electrons. The van der Waals surface area contributed by atoms with Gasteiger partial charge in [0.05, 0.1) is 28.1 Å². The first-order chi connectivity index (χ1) is 16.9.